The molecular weight excluding hydrogens is 306 g/mol. The van der Waals surface area contributed by atoms with Gasteiger partial charge in [-0.1, -0.05) is 0 Å². The number of hydrogen-bond acceptors (Lipinski definition) is 5. The summed E-state index contributed by atoms with van der Waals surface area (Å²) < 4.78 is 11.2. The minimum Gasteiger partial charge on any atom is -0.474 e. The average molecular weight is 333 g/mol. The molecular formula is C18H27N3O3. The molecule has 0 aromatic carbocycles. The van der Waals surface area contributed by atoms with Gasteiger partial charge in [-0.05, 0) is 39.0 Å². The Morgan fingerprint density at radius 1 is 1.25 bits per heavy atom. The summed E-state index contributed by atoms with van der Waals surface area (Å²) in [6, 6.07) is 3.92. The van der Waals surface area contributed by atoms with Crippen LogP contribution in [0.1, 0.15) is 36.0 Å². The number of likely N-dealkylation sites (tertiary alicyclic amines) is 1. The maximum Gasteiger partial charge on any atom is 0.255 e. The number of pyridine rings is 1. The monoisotopic (exact) mass is 333 g/mol. The van der Waals surface area contributed by atoms with E-state index in [9.17, 15) is 4.79 Å². The third-order valence-corrected chi connectivity index (χ3v) is 5.00. The first kappa shape index (κ1) is 17.2. The van der Waals surface area contributed by atoms with Crippen LogP contribution in [0, 0.1) is 0 Å². The van der Waals surface area contributed by atoms with Gasteiger partial charge in [0, 0.05) is 38.2 Å². The average Bonchev–Trinajstić information content (AvgIpc) is 2.63. The van der Waals surface area contributed by atoms with Gasteiger partial charge in [-0.3, -0.25) is 4.79 Å². The quantitative estimate of drug-likeness (QED) is 0.841. The van der Waals surface area contributed by atoms with E-state index in [2.05, 4.69) is 16.9 Å². The molecule has 24 heavy (non-hydrogen) atoms. The van der Waals surface area contributed by atoms with Crippen LogP contribution in [-0.2, 0) is 4.74 Å². The third-order valence-electron chi connectivity index (χ3n) is 5.00. The number of ether oxygens (including phenoxy) is 2. The topological polar surface area (TPSA) is 54.9 Å². The van der Waals surface area contributed by atoms with Crippen LogP contribution in [0.5, 0.6) is 5.88 Å². The zero-order chi connectivity index (χ0) is 16.9. The number of carbonyl (C=O) groups excluding carboxylic acids is 1. The molecule has 3 rings (SSSR count). The Hall–Kier alpha value is -1.66. The molecule has 0 aliphatic carbocycles. The second-order valence-electron chi connectivity index (χ2n) is 6.77. The number of hydrogen-bond donors (Lipinski definition) is 0. The second-order valence-corrected chi connectivity index (χ2v) is 6.77. The summed E-state index contributed by atoms with van der Waals surface area (Å²) in [6.45, 7) is 3.56. The molecule has 0 N–H and O–H groups in total. The fourth-order valence-electron chi connectivity index (χ4n) is 3.29. The highest BCUT2D eigenvalue weighted by atomic mass is 16.5. The fourth-order valence-corrected chi connectivity index (χ4v) is 3.29. The van der Waals surface area contributed by atoms with Gasteiger partial charge in [0.25, 0.3) is 5.91 Å². The standard InChI is InChI=1S/C18H27N3O3/c1-20-9-5-15(6-10-20)21(2)18(22)14-3-4-17(19-13-14)24-16-7-11-23-12-8-16/h3-4,13,15-16H,5-12H2,1-2H3. The molecule has 2 aliphatic rings. The largest absolute Gasteiger partial charge is 0.474 e. The van der Waals surface area contributed by atoms with Crippen molar-refractivity contribution in [1.82, 2.24) is 14.8 Å². The van der Waals surface area contributed by atoms with E-state index in [0.717, 1.165) is 52.0 Å². The molecule has 0 spiro atoms. The minimum absolute atomic E-state index is 0.0367. The van der Waals surface area contributed by atoms with Crippen LogP contribution in [0.4, 0.5) is 0 Å². The Labute approximate surface area is 143 Å². The van der Waals surface area contributed by atoms with Gasteiger partial charge in [0.15, 0.2) is 0 Å². The summed E-state index contributed by atoms with van der Waals surface area (Å²) in [4.78, 5) is 21.1. The lowest BCUT2D eigenvalue weighted by Crippen LogP contribution is -2.44. The number of nitrogens with zero attached hydrogens (tertiary/aromatic N) is 3. The SMILES string of the molecule is CN1CCC(N(C)C(=O)c2ccc(OC3CCOCC3)nc2)CC1. The Balaban J connectivity index is 1.56. The Kier molecular flexibility index (Phi) is 5.68. The second kappa shape index (κ2) is 7.94. The van der Waals surface area contributed by atoms with E-state index in [4.69, 9.17) is 9.47 Å². The molecule has 0 unspecified atom stereocenters. The molecule has 6 nitrogen and oxygen atoms in total. The van der Waals surface area contributed by atoms with E-state index >= 15 is 0 Å². The van der Waals surface area contributed by atoms with Gasteiger partial charge < -0.3 is 19.3 Å². The van der Waals surface area contributed by atoms with Gasteiger partial charge in [0.05, 0.1) is 18.8 Å². The lowest BCUT2D eigenvalue weighted by molar-refractivity contribution is 0.0237. The van der Waals surface area contributed by atoms with Gasteiger partial charge in [0.1, 0.15) is 6.10 Å². The van der Waals surface area contributed by atoms with Gasteiger partial charge in [0.2, 0.25) is 5.88 Å². The molecule has 3 heterocycles. The number of rotatable bonds is 4. The van der Waals surface area contributed by atoms with E-state index < -0.39 is 0 Å². The molecule has 1 aromatic rings. The summed E-state index contributed by atoms with van der Waals surface area (Å²) in [5, 5.41) is 0. The smallest absolute Gasteiger partial charge is 0.255 e. The lowest BCUT2D eigenvalue weighted by Gasteiger charge is -2.35. The van der Waals surface area contributed by atoms with E-state index in [1.165, 1.54) is 0 Å². The summed E-state index contributed by atoms with van der Waals surface area (Å²) in [7, 11) is 4.02. The zero-order valence-electron chi connectivity index (χ0n) is 14.6. The molecule has 2 aliphatic heterocycles. The molecule has 0 radical (unpaired) electrons. The van der Waals surface area contributed by atoms with Gasteiger partial charge >= 0.3 is 0 Å². The fraction of sp³-hybridized carbons (Fsp3) is 0.667. The van der Waals surface area contributed by atoms with Crippen LogP contribution >= 0.6 is 0 Å². The van der Waals surface area contributed by atoms with Gasteiger partial charge in [-0.15, -0.1) is 0 Å². The van der Waals surface area contributed by atoms with Crippen molar-refractivity contribution in [2.75, 3.05) is 40.4 Å². The van der Waals surface area contributed by atoms with E-state index in [-0.39, 0.29) is 12.0 Å². The van der Waals surface area contributed by atoms with Crippen molar-refractivity contribution in [2.24, 2.45) is 0 Å². The Bertz CT molecular complexity index is 535. The first-order valence-corrected chi connectivity index (χ1v) is 8.79. The van der Waals surface area contributed by atoms with E-state index in [0.29, 0.717) is 17.5 Å². The van der Waals surface area contributed by atoms with E-state index in [1.54, 1.807) is 12.3 Å². The number of aromatic nitrogens is 1. The number of carbonyl (C=O) groups is 1. The van der Waals surface area contributed by atoms with Gasteiger partial charge in [-0.25, -0.2) is 4.98 Å². The minimum atomic E-state index is 0.0367. The van der Waals surface area contributed by atoms with Crippen molar-refractivity contribution in [1.29, 1.82) is 0 Å². The predicted molar refractivity (Wildman–Crippen MR) is 91.3 cm³/mol. The highest BCUT2D eigenvalue weighted by molar-refractivity contribution is 5.94. The first-order valence-electron chi connectivity index (χ1n) is 8.79. The summed E-state index contributed by atoms with van der Waals surface area (Å²) in [6.07, 6.45) is 5.62. The van der Waals surface area contributed by atoms with Crippen molar-refractivity contribution in [2.45, 2.75) is 37.8 Å². The molecule has 6 heteroatoms. The van der Waals surface area contributed by atoms with Crippen molar-refractivity contribution >= 4 is 5.91 Å². The van der Waals surface area contributed by atoms with Crippen LogP contribution < -0.4 is 4.74 Å². The van der Waals surface area contributed by atoms with Crippen molar-refractivity contribution in [3.05, 3.63) is 23.9 Å². The molecule has 1 amide bonds. The summed E-state index contributed by atoms with van der Waals surface area (Å²) >= 11 is 0. The maximum atomic E-state index is 12.6. The zero-order valence-corrected chi connectivity index (χ0v) is 14.6. The Morgan fingerprint density at radius 3 is 2.58 bits per heavy atom. The van der Waals surface area contributed by atoms with Crippen LogP contribution in [0.15, 0.2) is 18.3 Å². The van der Waals surface area contributed by atoms with Crippen molar-refractivity contribution < 1.29 is 14.3 Å². The van der Waals surface area contributed by atoms with Crippen molar-refractivity contribution in [3.63, 3.8) is 0 Å². The normalized spacial score (nSPS) is 20.8. The third kappa shape index (κ3) is 4.24. The highest BCUT2D eigenvalue weighted by Gasteiger charge is 2.25. The summed E-state index contributed by atoms with van der Waals surface area (Å²) in [5.74, 6) is 0.620. The molecule has 2 fully saturated rings. The van der Waals surface area contributed by atoms with Crippen LogP contribution in [-0.4, -0.2) is 73.2 Å². The predicted octanol–water partition coefficient (Wildman–Crippen LogP) is 1.81. The van der Waals surface area contributed by atoms with Crippen LogP contribution in [0.2, 0.25) is 0 Å². The van der Waals surface area contributed by atoms with Crippen LogP contribution in [0.25, 0.3) is 0 Å². The molecule has 1 aromatic heterocycles. The van der Waals surface area contributed by atoms with Gasteiger partial charge in [-0.2, -0.15) is 0 Å². The molecule has 0 atom stereocenters. The highest BCUT2D eigenvalue weighted by Crippen LogP contribution is 2.19. The molecule has 2 saturated heterocycles. The van der Waals surface area contributed by atoms with Crippen molar-refractivity contribution in [3.8, 4) is 5.88 Å². The lowest BCUT2D eigenvalue weighted by atomic mass is 10.0. The first-order chi connectivity index (χ1) is 11.6. The number of piperidine rings is 1. The summed E-state index contributed by atoms with van der Waals surface area (Å²) in [5.41, 5.74) is 0.621. The van der Waals surface area contributed by atoms with E-state index in [1.807, 2.05) is 18.0 Å². The Morgan fingerprint density at radius 2 is 1.96 bits per heavy atom. The molecule has 0 bridgehead atoms. The van der Waals surface area contributed by atoms with Crippen LogP contribution in [0.3, 0.4) is 0 Å². The molecule has 132 valence electrons. The maximum absolute atomic E-state index is 12.6. The molecule has 0 saturated carbocycles. The number of amides is 1.